The summed E-state index contributed by atoms with van der Waals surface area (Å²) in [6.07, 6.45) is 7.06. The summed E-state index contributed by atoms with van der Waals surface area (Å²) in [5.74, 6) is 0. The molecule has 0 amide bonds. The minimum absolute atomic E-state index is 0.0382. The van der Waals surface area contributed by atoms with Gasteiger partial charge in [0, 0.05) is 13.2 Å². The van der Waals surface area contributed by atoms with Crippen LogP contribution in [-0.2, 0) is 9.47 Å². The number of unbranched alkanes of at least 4 members (excludes halogenated alkanes) is 2. The quantitative estimate of drug-likeness (QED) is 0.384. The van der Waals surface area contributed by atoms with E-state index in [0.717, 1.165) is 45.3 Å². The summed E-state index contributed by atoms with van der Waals surface area (Å²) in [6, 6.07) is -0.0382. The maximum absolute atomic E-state index is 9.69. The molecule has 1 N–H and O–H groups in total. The van der Waals surface area contributed by atoms with Gasteiger partial charge in [0.2, 0.25) is 0 Å². The molecule has 2 atom stereocenters. The summed E-state index contributed by atoms with van der Waals surface area (Å²) < 4.78 is 12.6. The van der Waals surface area contributed by atoms with E-state index in [0.29, 0.717) is 6.61 Å². The molecule has 0 aromatic rings. The van der Waals surface area contributed by atoms with Crippen molar-refractivity contribution in [3.05, 3.63) is 0 Å². The number of ether oxygens (including phenoxy) is 2. The molecule has 0 aromatic heterocycles. The molecule has 0 fully saturated rings. The first kappa shape index (κ1) is 14.5. The molecule has 1 heterocycles. The van der Waals surface area contributed by atoms with E-state index in [1.807, 2.05) is 0 Å². The van der Waals surface area contributed by atoms with Crippen LogP contribution in [0, 0.1) is 0 Å². The van der Waals surface area contributed by atoms with Crippen LogP contribution in [0.25, 0.3) is 0 Å². The van der Waals surface area contributed by atoms with Crippen molar-refractivity contribution >= 4 is 6.21 Å². The van der Waals surface area contributed by atoms with Crippen LogP contribution < -0.4 is 0 Å². The minimum atomic E-state index is -0.0382. The molecule has 0 saturated carbocycles. The van der Waals surface area contributed by atoms with Gasteiger partial charge >= 0.3 is 0 Å². The molecule has 0 saturated heterocycles. The monoisotopic (exact) mass is 244 g/mol. The van der Waals surface area contributed by atoms with Gasteiger partial charge in [0.1, 0.15) is 12.7 Å². The third-order valence-corrected chi connectivity index (χ3v) is 3.05. The van der Waals surface area contributed by atoms with E-state index in [9.17, 15) is 5.21 Å². The molecular weight excluding hydrogens is 218 g/mol. The second-order valence-electron chi connectivity index (χ2n) is 4.56. The van der Waals surface area contributed by atoms with Gasteiger partial charge in [-0.2, -0.15) is 0 Å². The fraction of sp³-hybridized carbons (Fsp3) is 0.923. The molecule has 4 nitrogen and oxygen atoms in total. The van der Waals surface area contributed by atoms with Crippen molar-refractivity contribution in [2.75, 3.05) is 19.8 Å². The number of hydroxylamine groups is 1. The van der Waals surface area contributed by atoms with Gasteiger partial charge in [-0.1, -0.05) is 26.7 Å². The SMILES string of the molecule is CCCCOC[C@H]1[C@@H](OCCCC)CC=[N+]1O. The fourth-order valence-electron chi connectivity index (χ4n) is 1.87. The lowest BCUT2D eigenvalue weighted by molar-refractivity contribution is -0.795. The summed E-state index contributed by atoms with van der Waals surface area (Å²) >= 11 is 0. The molecule has 100 valence electrons. The lowest BCUT2D eigenvalue weighted by atomic mass is 10.2. The molecule has 0 aliphatic carbocycles. The largest absolute Gasteiger partial charge is 0.374 e. The second-order valence-corrected chi connectivity index (χ2v) is 4.56. The first-order valence-corrected chi connectivity index (χ1v) is 6.79. The van der Waals surface area contributed by atoms with Gasteiger partial charge in [0.15, 0.2) is 6.21 Å². The maximum atomic E-state index is 9.69. The minimum Gasteiger partial charge on any atom is -0.374 e. The average Bonchev–Trinajstić information content (AvgIpc) is 2.67. The molecular formula is C13H26NO3+. The van der Waals surface area contributed by atoms with E-state index in [-0.39, 0.29) is 12.1 Å². The first-order chi connectivity index (χ1) is 8.29. The van der Waals surface area contributed by atoms with Crippen LogP contribution in [0.1, 0.15) is 46.0 Å². The van der Waals surface area contributed by atoms with Gasteiger partial charge in [-0.3, -0.25) is 5.21 Å². The maximum Gasteiger partial charge on any atom is 0.250 e. The van der Waals surface area contributed by atoms with Crippen LogP contribution in [0.5, 0.6) is 0 Å². The van der Waals surface area contributed by atoms with Crippen molar-refractivity contribution in [1.29, 1.82) is 0 Å². The summed E-state index contributed by atoms with van der Waals surface area (Å²) in [5.41, 5.74) is 0. The van der Waals surface area contributed by atoms with Gasteiger partial charge in [-0.05, 0) is 17.6 Å². The Labute approximate surface area is 104 Å². The van der Waals surface area contributed by atoms with E-state index in [2.05, 4.69) is 13.8 Å². The third kappa shape index (κ3) is 5.04. The van der Waals surface area contributed by atoms with Crippen LogP contribution in [0.2, 0.25) is 0 Å². The summed E-state index contributed by atoms with van der Waals surface area (Å²) in [7, 11) is 0. The number of hydrogen-bond acceptors (Lipinski definition) is 3. The van der Waals surface area contributed by atoms with Gasteiger partial charge in [0.25, 0.3) is 6.04 Å². The predicted octanol–water partition coefficient (Wildman–Crippen LogP) is 2.23. The van der Waals surface area contributed by atoms with Gasteiger partial charge in [0.05, 0.1) is 6.42 Å². The molecule has 0 radical (unpaired) electrons. The van der Waals surface area contributed by atoms with Crippen LogP contribution in [0.15, 0.2) is 0 Å². The van der Waals surface area contributed by atoms with Crippen LogP contribution in [-0.4, -0.2) is 48.1 Å². The number of nitrogens with zero attached hydrogens (tertiary/aromatic N) is 1. The molecule has 0 unspecified atom stereocenters. The van der Waals surface area contributed by atoms with Crippen molar-refractivity contribution in [2.24, 2.45) is 0 Å². The average molecular weight is 244 g/mol. The Morgan fingerprint density at radius 2 is 1.94 bits per heavy atom. The van der Waals surface area contributed by atoms with Crippen LogP contribution in [0.3, 0.4) is 0 Å². The Morgan fingerprint density at radius 1 is 1.24 bits per heavy atom. The molecule has 0 spiro atoms. The van der Waals surface area contributed by atoms with Gasteiger partial charge in [-0.25, -0.2) is 0 Å². The van der Waals surface area contributed by atoms with Crippen LogP contribution in [0.4, 0.5) is 0 Å². The smallest absolute Gasteiger partial charge is 0.250 e. The van der Waals surface area contributed by atoms with E-state index in [1.54, 1.807) is 6.21 Å². The zero-order valence-corrected chi connectivity index (χ0v) is 11.1. The topological polar surface area (TPSA) is 41.7 Å². The van der Waals surface area contributed by atoms with Crippen molar-refractivity contribution in [3.63, 3.8) is 0 Å². The number of rotatable bonds is 9. The zero-order valence-electron chi connectivity index (χ0n) is 11.1. The van der Waals surface area contributed by atoms with Gasteiger partial charge in [-0.15, -0.1) is 0 Å². The first-order valence-electron chi connectivity index (χ1n) is 6.79. The summed E-state index contributed by atoms with van der Waals surface area (Å²) in [4.78, 5) is 0. The molecule has 4 heteroatoms. The lowest BCUT2D eigenvalue weighted by Crippen LogP contribution is -2.36. The molecule has 1 aliphatic heterocycles. The molecule has 0 bridgehead atoms. The van der Waals surface area contributed by atoms with Gasteiger partial charge < -0.3 is 9.47 Å². The Bertz CT molecular complexity index is 231. The molecule has 0 aromatic carbocycles. The highest BCUT2D eigenvalue weighted by Crippen LogP contribution is 2.14. The highest BCUT2D eigenvalue weighted by atomic mass is 16.5. The standard InChI is InChI=1S/C13H26NO3/c1-3-5-9-16-11-12-13(7-8-14(12)15)17-10-6-4-2/h8,12-13,15H,3-7,9-11H2,1-2H3/q+1/t12-,13-/m0/s1. The Hall–Kier alpha value is -0.610. The Kier molecular flexibility index (Phi) is 7.21. The van der Waals surface area contributed by atoms with Crippen molar-refractivity contribution < 1.29 is 19.4 Å². The normalized spacial score (nSPS) is 24.0. The lowest BCUT2D eigenvalue weighted by Gasteiger charge is -2.15. The zero-order chi connectivity index (χ0) is 12.5. The number of hydrogen-bond donors (Lipinski definition) is 1. The van der Waals surface area contributed by atoms with Crippen molar-refractivity contribution in [1.82, 2.24) is 0 Å². The second kappa shape index (κ2) is 8.48. The van der Waals surface area contributed by atoms with E-state index in [4.69, 9.17) is 9.47 Å². The Morgan fingerprint density at radius 3 is 2.65 bits per heavy atom. The summed E-state index contributed by atoms with van der Waals surface area (Å²) in [5, 5.41) is 9.69. The Balaban J connectivity index is 2.24. The molecule has 1 aliphatic rings. The third-order valence-electron chi connectivity index (χ3n) is 3.05. The van der Waals surface area contributed by atoms with Crippen molar-refractivity contribution in [2.45, 2.75) is 58.1 Å². The highest BCUT2D eigenvalue weighted by molar-refractivity contribution is 5.53. The summed E-state index contributed by atoms with van der Waals surface area (Å²) in [6.45, 7) is 6.37. The van der Waals surface area contributed by atoms with Crippen molar-refractivity contribution in [3.8, 4) is 0 Å². The fourth-order valence-corrected chi connectivity index (χ4v) is 1.87. The predicted molar refractivity (Wildman–Crippen MR) is 66.9 cm³/mol. The van der Waals surface area contributed by atoms with Crippen LogP contribution >= 0.6 is 0 Å². The molecule has 17 heavy (non-hydrogen) atoms. The highest BCUT2D eigenvalue weighted by Gasteiger charge is 2.38. The van der Waals surface area contributed by atoms with E-state index >= 15 is 0 Å². The molecule has 1 rings (SSSR count). The van der Waals surface area contributed by atoms with E-state index in [1.165, 1.54) is 4.74 Å². The van der Waals surface area contributed by atoms with E-state index < -0.39 is 0 Å².